The van der Waals surface area contributed by atoms with Crippen LogP contribution in [-0.4, -0.2) is 59.1 Å². The molecule has 0 unspecified atom stereocenters. The normalized spacial score (nSPS) is 10.9. The van der Waals surface area contributed by atoms with Gasteiger partial charge in [0.2, 0.25) is 5.91 Å². The Labute approximate surface area is 252 Å². The van der Waals surface area contributed by atoms with Crippen LogP contribution in [0.15, 0.2) is 65.2 Å². The van der Waals surface area contributed by atoms with Gasteiger partial charge in [0.05, 0.1) is 5.69 Å². The molecule has 2 heterocycles. The summed E-state index contributed by atoms with van der Waals surface area (Å²) in [4.78, 5) is 39.9. The molecule has 3 N–H and O–H groups in total. The average Bonchev–Trinajstić information content (AvgIpc) is 3.55. The minimum atomic E-state index is -0.395. The molecule has 0 fully saturated rings. The van der Waals surface area contributed by atoms with Gasteiger partial charge in [-0.15, -0.1) is 23.2 Å². The minimum absolute atomic E-state index is 0.102. The van der Waals surface area contributed by atoms with E-state index in [1.54, 1.807) is 59.9 Å². The number of rotatable bonds is 13. The van der Waals surface area contributed by atoms with Crippen LogP contribution in [0, 0.1) is 0 Å². The second-order valence-electron chi connectivity index (χ2n) is 9.20. The predicted octanol–water partition coefficient (Wildman–Crippen LogP) is 6.25. The van der Waals surface area contributed by atoms with Crippen LogP contribution in [-0.2, 0) is 11.8 Å². The van der Waals surface area contributed by atoms with Gasteiger partial charge in [0.25, 0.3) is 11.8 Å². The fourth-order valence-electron chi connectivity index (χ4n) is 4.23. The molecule has 0 saturated carbocycles. The van der Waals surface area contributed by atoms with Crippen molar-refractivity contribution >= 4 is 86.4 Å². The third kappa shape index (κ3) is 8.00. The van der Waals surface area contributed by atoms with Crippen LogP contribution in [0.4, 0.5) is 22.7 Å². The standard InChI is InChI=1S/C29H31Cl2N5O4S/c1-35-18-22(32-27(37)9-14-41-2)17-24(35)28(38)34-21-5-8-25-19(15-21)16-26(40-25)29(39)33-20-3-6-23(7-4-20)36(12-10-30)13-11-31/h3-8,15-18H,9-14H2,1-2H3,(H,32,37)(H,33,39)(H,34,38). The minimum Gasteiger partial charge on any atom is -0.451 e. The molecule has 0 bridgehead atoms. The highest BCUT2D eigenvalue weighted by Crippen LogP contribution is 2.25. The lowest BCUT2D eigenvalue weighted by molar-refractivity contribution is -0.115. The highest BCUT2D eigenvalue weighted by molar-refractivity contribution is 7.98. The van der Waals surface area contributed by atoms with Crippen LogP contribution in [0.5, 0.6) is 0 Å². The number of aryl methyl sites for hydroxylation is 1. The quantitative estimate of drug-likeness (QED) is 0.153. The molecule has 4 rings (SSSR count). The molecule has 0 saturated heterocycles. The number of halogens is 2. The van der Waals surface area contributed by atoms with Crippen molar-refractivity contribution in [2.24, 2.45) is 7.05 Å². The molecule has 4 aromatic rings. The zero-order chi connectivity index (χ0) is 29.4. The Morgan fingerprint density at radius 3 is 2.24 bits per heavy atom. The molecular weight excluding hydrogens is 585 g/mol. The van der Waals surface area contributed by atoms with E-state index >= 15 is 0 Å². The van der Waals surface area contributed by atoms with E-state index in [1.165, 1.54) is 0 Å². The van der Waals surface area contributed by atoms with Crippen LogP contribution in [0.1, 0.15) is 27.5 Å². The number of hydrogen-bond acceptors (Lipinski definition) is 6. The maximum absolute atomic E-state index is 12.9. The maximum Gasteiger partial charge on any atom is 0.291 e. The molecule has 0 atom stereocenters. The molecule has 41 heavy (non-hydrogen) atoms. The molecule has 0 aliphatic heterocycles. The number of nitrogens with one attached hydrogen (secondary N) is 3. The van der Waals surface area contributed by atoms with Gasteiger partial charge in [0.1, 0.15) is 11.3 Å². The SMILES string of the molecule is CSCCC(=O)Nc1cc(C(=O)Nc2ccc3oc(C(=O)Nc4ccc(N(CCCl)CCCl)cc4)cc3c2)n(C)c1. The summed E-state index contributed by atoms with van der Waals surface area (Å²) < 4.78 is 7.40. The van der Waals surface area contributed by atoms with Crippen LogP contribution >= 0.6 is 35.0 Å². The first kappa shape index (κ1) is 30.4. The van der Waals surface area contributed by atoms with Gasteiger partial charge in [-0.1, -0.05) is 0 Å². The highest BCUT2D eigenvalue weighted by Gasteiger charge is 2.16. The monoisotopic (exact) mass is 615 g/mol. The first-order valence-corrected chi connectivity index (χ1v) is 15.4. The van der Waals surface area contributed by atoms with Crippen LogP contribution in [0.3, 0.4) is 0 Å². The summed E-state index contributed by atoms with van der Waals surface area (Å²) in [5, 5.41) is 9.18. The molecular formula is C29H31Cl2N5O4S. The number of carbonyl (C=O) groups is 3. The lowest BCUT2D eigenvalue weighted by Crippen LogP contribution is -2.27. The summed E-state index contributed by atoms with van der Waals surface area (Å²) in [6.45, 7) is 1.34. The summed E-state index contributed by atoms with van der Waals surface area (Å²) in [7, 11) is 1.74. The van der Waals surface area contributed by atoms with Gasteiger partial charge in [0, 0.05) is 72.7 Å². The van der Waals surface area contributed by atoms with Crippen LogP contribution in [0.2, 0.25) is 0 Å². The Morgan fingerprint density at radius 1 is 0.878 bits per heavy atom. The second kappa shape index (κ2) is 14.3. The average molecular weight is 617 g/mol. The topological polar surface area (TPSA) is 109 Å². The Kier molecular flexibility index (Phi) is 10.6. The van der Waals surface area contributed by atoms with Crippen molar-refractivity contribution < 1.29 is 18.8 Å². The number of thioether (sulfide) groups is 1. The van der Waals surface area contributed by atoms with Gasteiger partial charge in [-0.3, -0.25) is 14.4 Å². The van der Waals surface area contributed by atoms with Gasteiger partial charge in [-0.05, 0) is 60.9 Å². The van der Waals surface area contributed by atoms with E-state index in [0.29, 0.717) is 65.0 Å². The molecule has 0 spiro atoms. The number of benzene rings is 2. The smallest absolute Gasteiger partial charge is 0.291 e. The third-order valence-electron chi connectivity index (χ3n) is 6.25. The van der Waals surface area contributed by atoms with Crippen molar-refractivity contribution in [2.45, 2.75) is 6.42 Å². The number of alkyl halides is 2. The van der Waals surface area contributed by atoms with Crippen molar-refractivity contribution in [1.29, 1.82) is 0 Å². The van der Waals surface area contributed by atoms with Crippen molar-refractivity contribution in [1.82, 2.24) is 4.57 Å². The Morgan fingerprint density at radius 2 is 1.56 bits per heavy atom. The van der Waals surface area contributed by atoms with E-state index in [0.717, 1.165) is 11.4 Å². The van der Waals surface area contributed by atoms with Gasteiger partial charge >= 0.3 is 0 Å². The fraction of sp³-hybridized carbons (Fsp3) is 0.276. The Bertz CT molecular complexity index is 1510. The number of furan rings is 1. The highest BCUT2D eigenvalue weighted by atomic mass is 35.5. The number of amides is 3. The van der Waals surface area contributed by atoms with Crippen LogP contribution < -0.4 is 20.9 Å². The van der Waals surface area contributed by atoms with E-state index in [4.69, 9.17) is 27.6 Å². The number of nitrogens with zero attached hydrogens (tertiary/aromatic N) is 2. The molecule has 2 aromatic heterocycles. The summed E-state index contributed by atoms with van der Waals surface area (Å²) >= 11 is 13.4. The van der Waals surface area contributed by atoms with Gasteiger partial charge in [-0.2, -0.15) is 11.8 Å². The molecule has 0 aliphatic carbocycles. The lowest BCUT2D eigenvalue weighted by atomic mass is 10.2. The molecule has 0 radical (unpaired) electrons. The zero-order valence-corrected chi connectivity index (χ0v) is 25.0. The van der Waals surface area contributed by atoms with Crippen molar-refractivity contribution in [3.05, 3.63) is 72.2 Å². The number of fused-ring (bicyclic) bond motifs is 1. The van der Waals surface area contributed by atoms with Gasteiger partial charge in [0.15, 0.2) is 5.76 Å². The van der Waals surface area contributed by atoms with Crippen molar-refractivity contribution in [2.75, 3.05) is 57.7 Å². The number of anilines is 4. The van der Waals surface area contributed by atoms with Gasteiger partial charge < -0.3 is 29.8 Å². The molecule has 12 heteroatoms. The largest absolute Gasteiger partial charge is 0.451 e. The summed E-state index contributed by atoms with van der Waals surface area (Å²) in [6, 6.07) is 15.8. The first-order valence-electron chi connectivity index (χ1n) is 12.9. The third-order valence-corrected chi connectivity index (χ3v) is 7.20. The summed E-state index contributed by atoms with van der Waals surface area (Å²) in [6.07, 6.45) is 4.04. The lowest BCUT2D eigenvalue weighted by Gasteiger charge is -2.23. The summed E-state index contributed by atoms with van der Waals surface area (Å²) in [5.74, 6) is 1.00. The number of aromatic nitrogens is 1. The zero-order valence-electron chi connectivity index (χ0n) is 22.7. The maximum atomic E-state index is 12.9. The Hall–Kier alpha value is -3.60. The molecule has 216 valence electrons. The van der Waals surface area contributed by atoms with E-state index in [-0.39, 0.29) is 17.6 Å². The number of carbonyl (C=O) groups excluding carboxylic acids is 3. The van der Waals surface area contributed by atoms with E-state index in [2.05, 4.69) is 20.9 Å². The number of hydrogen-bond donors (Lipinski definition) is 3. The van der Waals surface area contributed by atoms with Crippen molar-refractivity contribution in [3.8, 4) is 0 Å². The van der Waals surface area contributed by atoms with E-state index in [1.807, 2.05) is 30.5 Å². The second-order valence-corrected chi connectivity index (χ2v) is 10.9. The molecule has 9 nitrogen and oxygen atoms in total. The van der Waals surface area contributed by atoms with Crippen molar-refractivity contribution in [3.63, 3.8) is 0 Å². The fourth-order valence-corrected chi connectivity index (χ4v) is 5.02. The predicted molar refractivity (Wildman–Crippen MR) is 169 cm³/mol. The summed E-state index contributed by atoms with van der Waals surface area (Å²) in [5.41, 5.74) is 3.57. The molecule has 0 aliphatic rings. The molecule has 3 amide bonds. The molecule has 2 aromatic carbocycles. The first-order chi connectivity index (χ1) is 19.8. The van der Waals surface area contributed by atoms with Crippen LogP contribution in [0.25, 0.3) is 11.0 Å². The van der Waals surface area contributed by atoms with Gasteiger partial charge in [-0.25, -0.2) is 0 Å². The van der Waals surface area contributed by atoms with E-state index in [9.17, 15) is 14.4 Å². The van der Waals surface area contributed by atoms with E-state index < -0.39 is 5.91 Å². The Balaban J connectivity index is 1.40.